The molecule has 8 nitrogen and oxygen atoms in total. The molecule has 0 aromatic carbocycles. The number of hydrogen-bond acceptors (Lipinski definition) is 6. The van der Waals surface area contributed by atoms with Crippen molar-refractivity contribution in [2.75, 3.05) is 38.1 Å². The molecule has 0 radical (unpaired) electrons. The Morgan fingerprint density at radius 3 is 1.42 bits per heavy atom. The van der Waals surface area contributed by atoms with E-state index in [1.807, 2.05) is 0 Å². The van der Waals surface area contributed by atoms with Gasteiger partial charge < -0.3 is 20.1 Å². The third-order valence-electron chi connectivity index (χ3n) is 2.54. The van der Waals surface area contributed by atoms with Gasteiger partial charge in [-0.2, -0.15) is 0 Å². The highest BCUT2D eigenvalue weighted by Crippen LogP contribution is 1.92. The first-order chi connectivity index (χ1) is 11.5. The van der Waals surface area contributed by atoms with Crippen LogP contribution in [0.4, 0.5) is 0 Å². The minimum Gasteiger partial charge on any atom is -0.466 e. The van der Waals surface area contributed by atoms with Crippen LogP contribution in [0.1, 0.15) is 25.7 Å². The Morgan fingerprint density at radius 2 is 1.08 bits per heavy atom. The molecule has 0 spiro atoms. The van der Waals surface area contributed by atoms with E-state index in [2.05, 4.69) is 10.6 Å². The van der Waals surface area contributed by atoms with E-state index in [-0.39, 0.29) is 50.9 Å². The van der Waals surface area contributed by atoms with Crippen molar-refractivity contribution in [2.45, 2.75) is 25.7 Å². The third-order valence-corrected chi connectivity index (χ3v) is 2.92. The van der Waals surface area contributed by atoms with Crippen LogP contribution in [0.3, 0.4) is 0 Å². The monoisotopic (exact) mass is 384 g/mol. The highest BCUT2D eigenvalue weighted by atomic mass is 35.5. The zero-order valence-corrected chi connectivity index (χ0v) is 14.8. The minimum absolute atomic E-state index is 0.136. The molecular formula is C14H22Cl2N2O6. The molecule has 24 heavy (non-hydrogen) atoms. The fourth-order valence-electron chi connectivity index (χ4n) is 1.38. The summed E-state index contributed by atoms with van der Waals surface area (Å²) in [5.41, 5.74) is 0. The molecule has 0 fully saturated rings. The van der Waals surface area contributed by atoms with E-state index in [9.17, 15) is 19.2 Å². The van der Waals surface area contributed by atoms with Gasteiger partial charge in [-0.15, -0.1) is 23.2 Å². The van der Waals surface area contributed by atoms with Crippen molar-refractivity contribution in [3.05, 3.63) is 0 Å². The van der Waals surface area contributed by atoms with Crippen molar-refractivity contribution in [2.24, 2.45) is 0 Å². The second-order valence-corrected chi connectivity index (χ2v) is 5.29. The van der Waals surface area contributed by atoms with Gasteiger partial charge in [-0.25, -0.2) is 0 Å². The predicted octanol–water partition coefficient (Wildman–Crippen LogP) is 0.343. The molecular weight excluding hydrogens is 363 g/mol. The molecule has 0 bridgehead atoms. The van der Waals surface area contributed by atoms with Crippen LogP contribution in [0.2, 0.25) is 0 Å². The van der Waals surface area contributed by atoms with Crippen LogP contribution in [-0.2, 0) is 28.7 Å². The summed E-state index contributed by atoms with van der Waals surface area (Å²) in [7, 11) is 0. The Bertz CT molecular complexity index is 382. The highest BCUT2D eigenvalue weighted by Gasteiger charge is 2.12. The molecule has 2 amide bonds. The van der Waals surface area contributed by atoms with Gasteiger partial charge in [0.25, 0.3) is 0 Å². The van der Waals surface area contributed by atoms with E-state index < -0.39 is 23.8 Å². The van der Waals surface area contributed by atoms with E-state index in [4.69, 9.17) is 32.7 Å². The zero-order chi connectivity index (χ0) is 18.2. The first-order valence-electron chi connectivity index (χ1n) is 7.50. The average molecular weight is 385 g/mol. The summed E-state index contributed by atoms with van der Waals surface area (Å²) in [5.74, 6) is -1.97. The van der Waals surface area contributed by atoms with Crippen LogP contribution in [-0.4, -0.2) is 61.8 Å². The molecule has 0 unspecified atom stereocenters. The lowest BCUT2D eigenvalue weighted by atomic mass is 10.4. The van der Waals surface area contributed by atoms with Gasteiger partial charge in [0.2, 0.25) is 0 Å². The number of amides is 2. The molecule has 0 saturated heterocycles. The van der Waals surface area contributed by atoms with Gasteiger partial charge in [0.1, 0.15) is 0 Å². The number of ether oxygens (including phenoxy) is 2. The van der Waals surface area contributed by atoms with Gasteiger partial charge in [-0.05, 0) is 12.8 Å². The highest BCUT2D eigenvalue weighted by molar-refractivity contribution is 6.35. The van der Waals surface area contributed by atoms with Crippen molar-refractivity contribution < 1.29 is 28.7 Å². The molecule has 0 saturated carbocycles. The maximum atomic E-state index is 11.5. The summed E-state index contributed by atoms with van der Waals surface area (Å²) in [5, 5.41) is 4.79. The summed E-state index contributed by atoms with van der Waals surface area (Å²) in [6, 6.07) is 0. The Balaban J connectivity index is 3.58. The SMILES string of the molecule is O=C(CCCl)OCCCNC(=O)C(=O)NCCCOC(=O)CCCl. The summed E-state index contributed by atoms with van der Waals surface area (Å²) < 4.78 is 9.66. The van der Waals surface area contributed by atoms with Gasteiger partial charge in [-0.3, -0.25) is 19.2 Å². The Labute approximate surface area is 150 Å². The molecule has 0 aliphatic rings. The van der Waals surface area contributed by atoms with Crippen LogP contribution in [0, 0.1) is 0 Å². The second kappa shape index (κ2) is 15.0. The van der Waals surface area contributed by atoms with Crippen LogP contribution in [0.15, 0.2) is 0 Å². The summed E-state index contributed by atoms with van der Waals surface area (Å²) in [4.78, 5) is 44.9. The lowest BCUT2D eigenvalue weighted by Crippen LogP contribution is -2.41. The fourth-order valence-corrected chi connectivity index (χ4v) is 1.69. The van der Waals surface area contributed by atoms with Gasteiger partial charge >= 0.3 is 23.8 Å². The molecule has 0 aliphatic carbocycles. The van der Waals surface area contributed by atoms with Crippen molar-refractivity contribution in [1.82, 2.24) is 10.6 Å². The number of rotatable bonds is 12. The van der Waals surface area contributed by atoms with E-state index in [0.717, 1.165) is 0 Å². The number of carbonyl (C=O) groups is 4. The smallest absolute Gasteiger partial charge is 0.309 e. The number of alkyl halides is 2. The topological polar surface area (TPSA) is 111 Å². The van der Waals surface area contributed by atoms with E-state index in [0.29, 0.717) is 12.8 Å². The average Bonchev–Trinajstić information content (AvgIpc) is 2.54. The van der Waals surface area contributed by atoms with Crippen LogP contribution < -0.4 is 10.6 Å². The quantitative estimate of drug-likeness (QED) is 0.217. The Hall–Kier alpha value is -1.54. The van der Waals surface area contributed by atoms with Crippen LogP contribution >= 0.6 is 23.2 Å². The van der Waals surface area contributed by atoms with Crippen molar-refractivity contribution >= 4 is 47.0 Å². The molecule has 10 heteroatoms. The number of nitrogens with one attached hydrogen (secondary N) is 2. The lowest BCUT2D eigenvalue weighted by molar-refractivity contribution is -0.144. The molecule has 138 valence electrons. The van der Waals surface area contributed by atoms with E-state index in [1.165, 1.54) is 0 Å². The first kappa shape index (κ1) is 22.5. The molecule has 0 aromatic heterocycles. The number of carbonyl (C=O) groups excluding carboxylic acids is 4. The van der Waals surface area contributed by atoms with Crippen LogP contribution in [0.5, 0.6) is 0 Å². The molecule has 0 aliphatic heterocycles. The number of esters is 2. The molecule has 2 N–H and O–H groups in total. The van der Waals surface area contributed by atoms with Crippen molar-refractivity contribution in [3.63, 3.8) is 0 Å². The van der Waals surface area contributed by atoms with Gasteiger partial charge in [0.05, 0.1) is 26.1 Å². The summed E-state index contributed by atoms with van der Waals surface area (Å²) in [6.45, 7) is 0.698. The largest absolute Gasteiger partial charge is 0.466 e. The second-order valence-electron chi connectivity index (χ2n) is 4.54. The van der Waals surface area contributed by atoms with Crippen molar-refractivity contribution in [1.29, 1.82) is 0 Å². The molecule has 0 rings (SSSR count). The summed E-state index contributed by atoms with van der Waals surface area (Å²) >= 11 is 10.7. The Morgan fingerprint density at radius 1 is 0.708 bits per heavy atom. The maximum absolute atomic E-state index is 11.5. The van der Waals surface area contributed by atoms with Gasteiger partial charge in [0, 0.05) is 24.8 Å². The molecule has 0 aromatic rings. The fraction of sp³-hybridized carbons (Fsp3) is 0.714. The molecule has 0 atom stereocenters. The zero-order valence-electron chi connectivity index (χ0n) is 13.3. The maximum Gasteiger partial charge on any atom is 0.309 e. The number of halogens is 2. The standard InChI is InChI=1S/C14H22Cl2N2O6/c15-5-3-11(19)23-9-1-7-17-13(21)14(22)18-8-2-10-24-12(20)4-6-16/h1-10H2,(H,17,21)(H,18,22). The van der Waals surface area contributed by atoms with Gasteiger partial charge in [-0.1, -0.05) is 0 Å². The Kier molecular flexibility index (Phi) is 14.1. The first-order valence-corrected chi connectivity index (χ1v) is 8.57. The van der Waals surface area contributed by atoms with Gasteiger partial charge in [0.15, 0.2) is 0 Å². The molecule has 0 heterocycles. The van der Waals surface area contributed by atoms with E-state index in [1.54, 1.807) is 0 Å². The predicted molar refractivity (Wildman–Crippen MR) is 87.8 cm³/mol. The lowest BCUT2D eigenvalue weighted by Gasteiger charge is -2.07. The minimum atomic E-state index is -0.777. The van der Waals surface area contributed by atoms with Crippen molar-refractivity contribution in [3.8, 4) is 0 Å². The summed E-state index contributed by atoms with van der Waals surface area (Å²) in [6.07, 6.45) is 1.06. The normalized spacial score (nSPS) is 9.92. The van der Waals surface area contributed by atoms with Crippen LogP contribution in [0.25, 0.3) is 0 Å². The van der Waals surface area contributed by atoms with E-state index >= 15 is 0 Å². The number of hydrogen-bond donors (Lipinski definition) is 2. The third kappa shape index (κ3) is 13.0.